The van der Waals surface area contributed by atoms with Crippen LogP contribution in [0.1, 0.15) is 63.7 Å². The number of cyclic esters (lactones) is 2. The Labute approximate surface area is 193 Å². The summed E-state index contributed by atoms with van der Waals surface area (Å²) in [4.78, 5) is 52.2. The SMILES string of the molecule is N#Cc1cc2c3c(c(C#N)cc4c3c1C(=O)OC4=O)C(=O)N(Cc1ccc(C(F)(F)F)cc1)C2=O. The van der Waals surface area contributed by atoms with Crippen LogP contribution in [-0.2, 0) is 17.5 Å². The van der Waals surface area contributed by atoms with Crippen LogP contribution in [0, 0.1) is 22.7 Å². The average Bonchev–Trinajstić information content (AvgIpc) is 2.82. The number of amides is 2. The van der Waals surface area contributed by atoms with Crippen LogP contribution in [-0.4, -0.2) is 28.7 Å². The predicted octanol–water partition coefficient (Wildman–Crippen LogP) is 3.71. The van der Waals surface area contributed by atoms with Gasteiger partial charge in [-0.15, -0.1) is 0 Å². The number of benzene rings is 3. The van der Waals surface area contributed by atoms with Gasteiger partial charge < -0.3 is 4.74 Å². The Morgan fingerprint density at radius 1 is 0.800 bits per heavy atom. The summed E-state index contributed by atoms with van der Waals surface area (Å²) in [5.41, 5.74) is -2.28. The molecule has 0 radical (unpaired) electrons. The van der Waals surface area contributed by atoms with E-state index in [4.69, 9.17) is 0 Å². The van der Waals surface area contributed by atoms with Gasteiger partial charge in [-0.05, 0) is 29.8 Å². The summed E-state index contributed by atoms with van der Waals surface area (Å²) in [6, 6.07) is 9.50. The summed E-state index contributed by atoms with van der Waals surface area (Å²) < 4.78 is 43.3. The molecule has 2 heterocycles. The van der Waals surface area contributed by atoms with E-state index in [0.29, 0.717) is 0 Å². The van der Waals surface area contributed by atoms with Gasteiger partial charge in [0.05, 0.1) is 45.5 Å². The van der Waals surface area contributed by atoms with Crippen molar-refractivity contribution in [3.05, 3.63) is 80.9 Å². The zero-order valence-electron chi connectivity index (χ0n) is 17.2. The van der Waals surface area contributed by atoms with Crippen molar-refractivity contribution in [2.75, 3.05) is 0 Å². The van der Waals surface area contributed by atoms with E-state index >= 15 is 0 Å². The van der Waals surface area contributed by atoms with Gasteiger partial charge in [-0.1, -0.05) is 12.1 Å². The smallest absolute Gasteiger partial charge is 0.386 e. The molecular weight excluding hydrogens is 467 g/mol. The van der Waals surface area contributed by atoms with Crippen LogP contribution in [0.25, 0.3) is 10.8 Å². The second-order valence-corrected chi connectivity index (χ2v) is 7.74. The summed E-state index contributed by atoms with van der Waals surface area (Å²) in [6.45, 7) is -0.423. The molecule has 0 aromatic heterocycles. The van der Waals surface area contributed by atoms with Crippen molar-refractivity contribution < 1.29 is 37.1 Å². The minimum atomic E-state index is -4.57. The van der Waals surface area contributed by atoms with Crippen molar-refractivity contribution >= 4 is 34.5 Å². The van der Waals surface area contributed by atoms with E-state index in [1.165, 1.54) is 0 Å². The number of carbonyl (C=O) groups excluding carboxylic acids is 4. The second kappa shape index (κ2) is 7.23. The lowest BCUT2D eigenvalue weighted by atomic mass is 9.83. The van der Waals surface area contributed by atoms with Gasteiger partial charge in [0.15, 0.2) is 0 Å². The molecule has 35 heavy (non-hydrogen) atoms. The first-order valence-corrected chi connectivity index (χ1v) is 9.83. The molecular formula is C24H8F3N3O5. The Morgan fingerprint density at radius 3 is 1.97 bits per heavy atom. The number of rotatable bonds is 2. The van der Waals surface area contributed by atoms with Gasteiger partial charge >= 0.3 is 18.1 Å². The van der Waals surface area contributed by atoms with E-state index in [1.54, 1.807) is 12.1 Å². The third-order valence-electron chi connectivity index (χ3n) is 5.81. The largest absolute Gasteiger partial charge is 0.416 e. The zero-order valence-corrected chi connectivity index (χ0v) is 17.2. The van der Waals surface area contributed by atoms with Crippen LogP contribution in [0.2, 0.25) is 0 Å². The normalized spacial score (nSPS) is 14.6. The van der Waals surface area contributed by atoms with Crippen molar-refractivity contribution in [1.29, 1.82) is 10.5 Å². The highest BCUT2D eigenvalue weighted by Gasteiger charge is 2.41. The molecule has 0 unspecified atom stereocenters. The fourth-order valence-corrected chi connectivity index (χ4v) is 4.26. The fourth-order valence-electron chi connectivity index (χ4n) is 4.26. The lowest BCUT2D eigenvalue weighted by Gasteiger charge is -2.30. The molecule has 2 aliphatic heterocycles. The van der Waals surface area contributed by atoms with E-state index < -0.39 is 42.0 Å². The van der Waals surface area contributed by atoms with Gasteiger partial charge in [0, 0.05) is 10.8 Å². The van der Waals surface area contributed by atoms with Crippen LogP contribution in [0.4, 0.5) is 13.2 Å². The number of esters is 2. The van der Waals surface area contributed by atoms with E-state index in [0.717, 1.165) is 41.3 Å². The monoisotopic (exact) mass is 475 g/mol. The highest BCUT2D eigenvalue weighted by molar-refractivity contribution is 6.32. The lowest BCUT2D eigenvalue weighted by Crippen LogP contribution is -2.41. The molecule has 0 bridgehead atoms. The van der Waals surface area contributed by atoms with Crippen molar-refractivity contribution in [3.8, 4) is 12.1 Å². The van der Waals surface area contributed by atoms with E-state index in [2.05, 4.69) is 4.74 Å². The van der Waals surface area contributed by atoms with Crippen molar-refractivity contribution in [2.45, 2.75) is 12.7 Å². The number of imide groups is 1. The Hall–Kier alpha value is -5.03. The maximum absolute atomic E-state index is 13.4. The molecule has 2 amide bonds. The molecule has 0 N–H and O–H groups in total. The molecule has 3 aromatic rings. The number of hydrogen-bond donors (Lipinski definition) is 0. The van der Waals surface area contributed by atoms with Crippen LogP contribution < -0.4 is 0 Å². The first kappa shape index (κ1) is 21.8. The Kier molecular flexibility index (Phi) is 4.51. The Morgan fingerprint density at radius 2 is 1.37 bits per heavy atom. The second-order valence-electron chi connectivity index (χ2n) is 7.74. The fraction of sp³-hybridized carbons (Fsp3) is 0.0833. The Balaban J connectivity index is 1.73. The Bertz CT molecular complexity index is 1630. The molecule has 0 atom stereocenters. The topological polar surface area (TPSA) is 128 Å². The molecule has 5 rings (SSSR count). The molecule has 0 aliphatic carbocycles. The quantitative estimate of drug-likeness (QED) is 0.314. The van der Waals surface area contributed by atoms with Gasteiger partial charge in [-0.3, -0.25) is 14.5 Å². The molecule has 170 valence electrons. The minimum absolute atomic E-state index is 0.128. The number of nitrogens with zero attached hydrogens (tertiary/aromatic N) is 3. The highest BCUT2D eigenvalue weighted by Crippen LogP contribution is 2.41. The summed E-state index contributed by atoms with van der Waals surface area (Å²) in [7, 11) is 0. The number of halogens is 3. The van der Waals surface area contributed by atoms with Gasteiger partial charge in [0.25, 0.3) is 11.8 Å². The van der Waals surface area contributed by atoms with Gasteiger partial charge in [0.1, 0.15) is 12.1 Å². The highest BCUT2D eigenvalue weighted by atomic mass is 19.4. The minimum Gasteiger partial charge on any atom is -0.386 e. The zero-order chi connectivity index (χ0) is 25.2. The first-order valence-electron chi connectivity index (χ1n) is 9.83. The summed E-state index contributed by atoms with van der Waals surface area (Å²) in [6.07, 6.45) is -4.57. The predicted molar refractivity (Wildman–Crippen MR) is 109 cm³/mol. The summed E-state index contributed by atoms with van der Waals surface area (Å²) >= 11 is 0. The summed E-state index contributed by atoms with van der Waals surface area (Å²) in [5.74, 6) is -4.07. The third-order valence-corrected chi connectivity index (χ3v) is 5.81. The number of alkyl halides is 3. The van der Waals surface area contributed by atoms with Gasteiger partial charge in [-0.2, -0.15) is 23.7 Å². The molecule has 8 nitrogen and oxygen atoms in total. The standard InChI is InChI=1S/C24H8F3N3O5/c25-24(26,27)13-3-1-10(2-4-13)9-30-20(31)14-5-12(8-29)17-19-15(22(33)35-23(17)34)6-11(7-28)16(18(14)19)21(30)32/h1-6H,9H2. The first-order chi connectivity index (χ1) is 16.6. The number of carbonyl (C=O) groups is 4. The molecule has 2 aliphatic rings. The maximum Gasteiger partial charge on any atom is 0.416 e. The van der Waals surface area contributed by atoms with Crippen molar-refractivity contribution in [2.24, 2.45) is 0 Å². The number of hydrogen-bond acceptors (Lipinski definition) is 7. The van der Waals surface area contributed by atoms with Crippen LogP contribution >= 0.6 is 0 Å². The van der Waals surface area contributed by atoms with Crippen molar-refractivity contribution in [1.82, 2.24) is 4.90 Å². The molecule has 11 heteroatoms. The van der Waals surface area contributed by atoms with Gasteiger partial charge in [-0.25, -0.2) is 9.59 Å². The van der Waals surface area contributed by atoms with Crippen molar-refractivity contribution in [3.63, 3.8) is 0 Å². The lowest BCUT2D eigenvalue weighted by molar-refractivity contribution is -0.137. The van der Waals surface area contributed by atoms with E-state index in [9.17, 15) is 42.9 Å². The molecule has 3 aromatic carbocycles. The van der Waals surface area contributed by atoms with E-state index in [1.807, 2.05) is 0 Å². The molecule has 0 saturated carbocycles. The third kappa shape index (κ3) is 3.06. The molecule has 0 spiro atoms. The molecule has 0 saturated heterocycles. The number of ether oxygens (including phenoxy) is 1. The van der Waals surface area contributed by atoms with Crippen LogP contribution in [0.15, 0.2) is 36.4 Å². The van der Waals surface area contributed by atoms with Crippen LogP contribution in [0.3, 0.4) is 0 Å². The van der Waals surface area contributed by atoms with E-state index in [-0.39, 0.29) is 49.7 Å². The summed E-state index contributed by atoms with van der Waals surface area (Å²) in [5, 5.41) is 19.0. The maximum atomic E-state index is 13.4. The average molecular weight is 475 g/mol. The van der Waals surface area contributed by atoms with Crippen LogP contribution in [0.5, 0.6) is 0 Å². The van der Waals surface area contributed by atoms with Gasteiger partial charge in [0.2, 0.25) is 0 Å². The number of nitriles is 2. The molecule has 0 fully saturated rings.